The summed E-state index contributed by atoms with van der Waals surface area (Å²) in [5.74, 6) is 2.09. The molecule has 0 fully saturated rings. The number of pyridine rings is 1. The first-order valence-corrected chi connectivity index (χ1v) is 7.75. The maximum Gasteiger partial charge on any atom is 0.230 e. The molecule has 2 aliphatic rings. The van der Waals surface area contributed by atoms with Gasteiger partial charge in [0, 0.05) is 18.1 Å². The van der Waals surface area contributed by atoms with Gasteiger partial charge < -0.3 is 19.3 Å². The Labute approximate surface area is 137 Å². The van der Waals surface area contributed by atoms with Gasteiger partial charge in [-0.3, -0.25) is 0 Å². The lowest BCUT2D eigenvalue weighted by Crippen LogP contribution is -2.35. The average molecular weight is 322 g/mol. The highest BCUT2D eigenvalue weighted by Crippen LogP contribution is 2.38. The molecular weight excluding hydrogens is 308 g/mol. The van der Waals surface area contributed by atoms with Gasteiger partial charge in [-0.15, -0.1) is 0 Å². The molecule has 8 heteroatoms. The molecule has 5 rings (SSSR count). The van der Waals surface area contributed by atoms with E-state index in [1.165, 1.54) is 6.33 Å². The van der Waals surface area contributed by atoms with Crippen LogP contribution in [0.2, 0.25) is 0 Å². The van der Waals surface area contributed by atoms with Crippen molar-refractivity contribution >= 4 is 28.4 Å². The van der Waals surface area contributed by atoms with E-state index in [1.54, 1.807) is 0 Å². The van der Waals surface area contributed by atoms with Crippen LogP contribution in [0, 0.1) is 0 Å². The minimum Gasteiger partial charge on any atom is -0.475 e. The quantitative estimate of drug-likeness (QED) is 0.777. The number of amidine groups is 1. The van der Waals surface area contributed by atoms with Gasteiger partial charge in [-0.2, -0.15) is 0 Å². The Bertz CT molecular complexity index is 980. The van der Waals surface area contributed by atoms with Crippen LogP contribution in [-0.4, -0.2) is 50.2 Å². The van der Waals surface area contributed by atoms with Crippen molar-refractivity contribution in [3.8, 4) is 5.88 Å². The molecule has 1 N–H and O–H groups in total. The lowest BCUT2D eigenvalue weighted by molar-refractivity contribution is 0.278. The van der Waals surface area contributed by atoms with Gasteiger partial charge in [0.05, 0.1) is 25.0 Å². The summed E-state index contributed by atoms with van der Waals surface area (Å²) in [5, 5.41) is 10.1. The third-order valence-electron chi connectivity index (χ3n) is 4.28. The summed E-state index contributed by atoms with van der Waals surface area (Å²) in [6, 6.07) is 4.08. The Hall–Kier alpha value is -3.00. The molecule has 0 aliphatic carbocycles. The molecule has 0 saturated carbocycles. The molecule has 3 aromatic rings. The Balaban J connectivity index is 1.56. The fourth-order valence-electron chi connectivity index (χ4n) is 3.14. The molecule has 2 aliphatic heterocycles. The third kappa shape index (κ3) is 1.83. The van der Waals surface area contributed by atoms with Gasteiger partial charge in [0.25, 0.3) is 0 Å². The van der Waals surface area contributed by atoms with Gasteiger partial charge in [0.1, 0.15) is 24.1 Å². The molecule has 0 unspecified atom stereocenters. The first kappa shape index (κ1) is 13.4. The Kier molecular flexibility index (Phi) is 2.80. The van der Waals surface area contributed by atoms with Crippen molar-refractivity contribution in [3.63, 3.8) is 0 Å². The minimum atomic E-state index is 0.0903. The Morgan fingerprint density at radius 3 is 3.12 bits per heavy atom. The monoisotopic (exact) mass is 322 g/mol. The summed E-state index contributed by atoms with van der Waals surface area (Å²) in [6.07, 6.45) is 5.23. The summed E-state index contributed by atoms with van der Waals surface area (Å²) < 4.78 is 7.65. The van der Waals surface area contributed by atoms with E-state index in [4.69, 9.17) is 9.84 Å². The van der Waals surface area contributed by atoms with E-state index in [2.05, 4.69) is 30.9 Å². The predicted molar refractivity (Wildman–Crippen MR) is 87.9 cm³/mol. The zero-order valence-corrected chi connectivity index (χ0v) is 12.8. The second-order valence-corrected chi connectivity index (χ2v) is 5.65. The van der Waals surface area contributed by atoms with Gasteiger partial charge in [-0.25, -0.2) is 19.9 Å². The molecule has 0 amide bonds. The highest BCUT2D eigenvalue weighted by atomic mass is 16.5. The number of fused-ring (bicyclic) bond motifs is 1. The molecule has 0 atom stereocenters. The van der Waals surface area contributed by atoms with E-state index in [9.17, 15) is 0 Å². The van der Waals surface area contributed by atoms with Crippen molar-refractivity contribution in [1.82, 2.24) is 19.5 Å². The first-order chi connectivity index (χ1) is 11.8. The van der Waals surface area contributed by atoms with Crippen molar-refractivity contribution in [2.24, 2.45) is 4.99 Å². The second kappa shape index (κ2) is 5.00. The summed E-state index contributed by atoms with van der Waals surface area (Å²) in [6.45, 7) is 1.81. The lowest BCUT2D eigenvalue weighted by Gasteiger charge is -2.27. The zero-order chi connectivity index (χ0) is 16.1. The molecule has 0 spiro atoms. The third-order valence-corrected chi connectivity index (χ3v) is 4.28. The summed E-state index contributed by atoms with van der Waals surface area (Å²) in [5.41, 5.74) is 2.68. The van der Waals surface area contributed by atoms with Crippen LogP contribution in [-0.2, 0) is 6.54 Å². The van der Waals surface area contributed by atoms with Crippen molar-refractivity contribution in [1.29, 1.82) is 0 Å². The summed E-state index contributed by atoms with van der Waals surface area (Å²) >= 11 is 0. The van der Waals surface area contributed by atoms with E-state index in [1.807, 2.05) is 23.0 Å². The molecule has 24 heavy (non-hydrogen) atoms. The van der Waals surface area contributed by atoms with Crippen molar-refractivity contribution in [2.45, 2.75) is 6.54 Å². The van der Waals surface area contributed by atoms with E-state index in [0.717, 1.165) is 28.1 Å². The highest BCUT2D eigenvalue weighted by Gasteiger charge is 2.33. The van der Waals surface area contributed by atoms with E-state index in [-0.39, 0.29) is 6.61 Å². The average Bonchev–Trinajstić information content (AvgIpc) is 2.88. The first-order valence-electron chi connectivity index (χ1n) is 7.75. The largest absolute Gasteiger partial charge is 0.475 e. The molecule has 0 bridgehead atoms. The molecule has 5 heterocycles. The number of aliphatic imine (C=N–C) groups is 1. The number of ether oxygens (including phenoxy) is 1. The van der Waals surface area contributed by atoms with Gasteiger partial charge in [0.2, 0.25) is 5.88 Å². The van der Waals surface area contributed by atoms with Crippen LogP contribution >= 0.6 is 0 Å². The number of anilines is 1. The number of nitrogens with zero attached hydrogens (tertiary/aromatic N) is 6. The molecule has 0 saturated heterocycles. The second-order valence-electron chi connectivity index (χ2n) is 5.65. The standard InChI is InChI=1S/C16H14N6O2/c23-5-3-21-2-1-10-7-11(8-17-14(10)21)22-4-6-24-16-12-13(18-9-19-16)20-15(12)22/h1-2,7-9,23H,3-6H2. The van der Waals surface area contributed by atoms with Crippen LogP contribution in [0.4, 0.5) is 11.5 Å². The van der Waals surface area contributed by atoms with Crippen LogP contribution in [0.25, 0.3) is 11.0 Å². The van der Waals surface area contributed by atoms with Crippen LogP contribution < -0.4 is 9.64 Å². The van der Waals surface area contributed by atoms with Crippen LogP contribution in [0.5, 0.6) is 5.88 Å². The summed E-state index contributed by atoms with van der Waals surface area (Å²) in [7, 11) is 0. The minimum absolute atomic E-state index is 0.0903. The fourth-order valence-corrected chi connectivity index (χ4v) is 3.14. The predicted octanol–water partition coefficient (Wildman–Crippen LogP) is 1.11. The number of aromatic nitrogens is 4. The van der Waals surface area contributed by atoms with Gasteiger partial charge >= 0.3 is 0 Å². The Morgan fingerprint density at radius 2 is 2.21 bits per heavy atom. The molecular formula is C16H14N6O2. The van der Waals surface area contributed by atoms with Gasteiger partial charge in [-0.1, -0.05) is 0 Å². The molecule has 120 valence electrons. The maximum atomic E-state index is 9.12. The lowest BCUT2D eigenvalue weighted by atomic mass is 10.1. The van der Waals surface area contributed by atoms with E-state index < -0.39 is 0 Å². The van der Waals surface area contributed by atoms with Gasteiger partial charge in [0.15, 0.2) is 11.7 Å². The van der Waals surface area contributed by atoms with Gasteiger partial charge in [-0.05, 0) is 12.1 Å². The maximum absolute atomic E-state index is 9.12. The van der Waals surface area contributed by atoms with Crippen LogP contribution in [0.3, 0.4) is 0 Å². The van der Waals surface area contributed by atoms with E-state index in [0.29, 0.717) is 31.4 Å². The SMILES string of the molecule is OCCn1ccc2cc(N3CCOc4ncnc5c4C3=N5)cnc21. The highest BCUT2D eigenvalue weighted by molar-refractivity contribution is 6.20. The molecule has 0 radical (unpaired) electrons. The zero-order valence-electron chi connectivity index (χ0n) is 12.8. The molecule has 3 aromatic heterocycles. The summed E-state index contributed by atoms with van der Waals surface area (Å²) in [4.78, 5) is 19.5. The number of rotatable bonds is 3. The topological polar surface area (TPSA) is 88.7 Å². The normalized spacial score (nSPS) is 15.4. The smallest absolute Gasteiger partial charge is 0.230 e. The fraction of sp³-hybridized carbons (Fsp3) is 0.250. The van der Waals surface area contributed by atoms with Crippen molar-refractivity contribution < 1.29 is 9.84 Å². The molecule has 8 nitrogen and oxygen atoms in total. The van der Waals surface area contributed by atoms with Crippen LogP contribution in [0.15, 0.2) is 35.8 Å². The van der Waals surface area contributed by atoms with Crippen molar-refractivity contribution in [2.75, 3.05) is 24.7 Å². The number of aliphatic hydroxyl groups excluding tert-OH is 1. The van der Waals surface area contributed by atoms with Crippen molar-refractivity contribution in [3.05, 3.63) is 36.4 Å². The number of hydrogen-bond donors (Lipinski definition) is 1. The van der Waals surface area contributed by atoms with Crippen LogP contribution in [0.1, 0.15) is 5.56 Å². The Morgan fingerprint density at radius 1 is 1.25 bits per heavy atom. The number of hydrogen-bond acceptors (Lipinski definition) is 7. The molecule has 0 aromatic carbocycles. The number of aliphatic hydroxyl groups is 1. The van der Waals surface area contributed by atoms with E-state index >= 15 is 0 Å².